The summed E-state index contributed by atoms with van der Waals surface area (Å²) >= 11 is 6.00. The van der Waals surface area contributed by atoms with Gasteiger partial charge in [-0.1, -0.05) is 17.7 Å². The fourth-order valence-corrected chi connectivity index (χ4v) is 2.11. The first-order valence-corrected chi connectivity index (χ1v) is 7.41. The van der Waals surface area contributed by atoms with Gasteiger partial charge in [0.1, 0.15) is 11.9 Å². The zero-order valence-corrected chi connectivity index (χ0v) is 13.4. The van der Waals surface area contributed by atoms with Crippen molar-refractivity contribution in [1.82, 2.24) is 14.9 Å². The van der Waals surface area contributed by atoms with E-state index in [4.69, 9.17) is 16.9 Å². The zero-order valence-electron chi connectivity index (χ0n) is 12.7. The first kappa shape index (κ1) is 16.7. The zero-order chi connectivity index (χ0) is 16.7. The van der Waals surface area contributed by atoms with Crippen molar-refractivity contribution in [2.75, 3.05) is 25.5 Å². The molecule has 0 aliphatic carbocycles. The summed E-state index contributed by atoms with van der Waals surface area (Å²) < 4.78 is 0. The second-order valence-corrected chi connectivity index (χ2v) is 5.31. The van der Waals surface area contributed by atoms with Crippen LogP contribution in [0.2, 0.25) is 5.02 Å². The summed E-state index contributed by atoms with van der Waals surface area (Å²) in [5.41, 5.74) is 1.32. The van der Waals surface area contributed by atoms with E-state index in [0.29, 0.717) is 29.4 Å². The first-order valence-electron chi connectivity index (χ1n) is 7.03. The van der Waals surface area contributed by atoms with Crippen molar-refractivity contribution in [1.29, 1.82) is 5.26 Å². The van der Waals surface area contributed by atoms with Crippen LogP contribution in [0, 0.1) is 11.3 Å². The van der Waals surface area contributed by atoms with Crippen LogP contribution in [-0.4, -0.2) is 40.9 Å². The average Bonchev–Trinajstić information content (AvgIpc) is 2.59. The maximum atomic E-state index is 12.1. The van der Waals surface area contributed by atoms with E-state index in [1.54, 1.807) is 18.1 Å². The van der Waals surface area contributed by atoms with Crippen molar-refractivity contribution in [3.63, 3.8) is 0 Å². The van der Waals surface area contributed by atoms with Crippen LogP contribution in [0.3, 0.4) is 0 Å². The van der Waals surface area contributed by atoms with Gasteiger partial charge in [-0.2, -0.15) is 5.26 Å². The SMILES string of the molecule is CN(CCc1ccccn1)C(=O)CNc1ncc(C#N)cc1Cl. The highest BCUT2D eigenvalue weighted by molar-refractivity contribution is 6.33. The average molecular weight is 330 g/mol. The Labute approximate surface area is 139 Å². The highest BCUT2D eigenvalue weighted by Crippen LogP contribution is 2.19. The molecule has 0 atom stereocenters. The highest BCUT2D eigenvalue weighted by Gasteiger charge is 2.10. The van der Waals surface area contributed by atoms with E-state index in [1.807, 2.05) is 24.3 Å². The Hall–Kier alpha value is -2.65. The van der Waals surface area contributed by atoms with Gasteiger partial charge in [-0.25, -0.2) is 4.98 Å². The molecule has 0 bridgehead atoms. The quantitative estimate of drug-likeness (QED) is 0.877. The number of nitrogens with one attached hydrogen (secondary N) is 1. The Kier molecular flexibility index (Phi) is 5.89. The first-order chi connectivity index (χ1) is 11.1. The number of nitriles is 1. The Morgan fingerprint density at radius 1 is 1.43 bits per heavy atom. The number of anilines is 1. The molecule has 0 saturated heterocycles. The van der Waals surface area contributed by atoms with E-state index < -0.39 is 0 Å². The van der Waals surface area contributed by atoms with E-state index in [9.17, 15) is 4.79 Å². The standard InChI is InChI=1S/C16H16ClN5O/c1-22(7-5-13-4-2-3-6-19-13)15(23)11-21-16-14(17)8-12(9-18)10-20-16/h2-4,6,8,10H,5,7,11H2,1H3,(H,20,21). The van der Waals surface area contributed by atoms with E-state index >= 15 is 0 Å². The van der Waals surface area contributed by atoms with Gasteiger partial charge < -0.3 is 10.2 Å². The molecule has 0 aliphatic rings. The lowest BCUT2D eigenvalue weighted by atomic mass is 10.2. The molecule has 0 fully saturated rings. The summed E-state index contributed by atoms with van der Waals surface area (Å²) in [4.78, 5) is 22.0. The van der Waals surface area contributed by atoms with Gasteiger partial charge in [-0.3, -0.25) is 9.78 Å². The maximum absolute atomic E-state index is 12.1. The van der Waals surface area contributed by atoms with Gasteiger partial charge >= 0.3 is 0 Å². The minimum absolute atomic E-state index is 0.0804. The molecule has 0 aliphatic heterocycles. The number of rotatable bonds is 6. The lowest BCUT2D eigenvalue weighted by molar-refractivity contribution is -0.128. The van der Waals surface area contributed by atoms with Gasteiger partial charge in [0.25, 0.3) is 0 Å². The molecule has 1 N–H and O–H groups in total. The van der Waals surface area contributed by atoms with E-state index in [0.717, 1.165) is 5.69 Å². The Morgan fingerprint density at radius 2 is 2.26 bits per heavy atom. The van der Waals surface area contributed by atoms with Crippen LogP contribution in [0.1, 0.15) is 11.3 Å². The molecule has 118 valence electrons. The number of hydrogen-bond acceptors (Lipinski definition) is 5. The molecule has 1 amide bonds. The van der Waals surface area contributed by atoms with Gasteiger partial charge in [0.05, 0.1) is 17.1 Å². The minimum Gasteiger partial charge on any atom is -0.360 e. The third-order valence-corrected chi connectivity index (χ3v) is 3.52. The predicted octanol–water partition coefficient (Wildman–Crippen LogP) is 2.11. The van der Waals surface area contributed by atoms with Crippen LogP contribution in [0.5, 0.6) is 0 Å². The third-order valence-electron chi connectivity index (χ3n) is 3.23. The molecule has 0 spiro atoms. The van der Waals surface area contributed by atoms with Crippen LogP contribution >= 0.6 is 11.6 Å². The van der Waals surface area contributed by atoms with E-state index in [1.165, 1.54) is 12.3 Å². The fourth-order valence-electron chi connectivity index (χ4n) is 1.88. The molecule has 0 aromatic carbocycles. The molecule has 2 aromatic rings. The topological polar surface area (TPSA) is 81.9 Å². The molecular formula is C16H16ClN5O. The number of halogens is 1. The molecule has 6 nitrogen and oxygen atoms in total. The summed E-state index contributed by atoms with van der Waals surface area (Å²) in [5.74, 6) is 0.306. The van der Waals surface area contributed by atoms with Crippen molar-refractivity contribution in [2.24, 2.45) is 0 Å². The number of nitrogens with zero attached hydrogens (tertiary/aromatic N) is 4. The molecular weight excluding hydrogens is 314 g/mol. The number of hydrogen-bond donors (Lipinski definition) is 1. The van der Waals surface area contributed by atoms with Crippen LogP contribution in [0.4, 0.5) is 5.82 Å². The van der Waals surface area contributed by atoms with Gasteiger partial charge in [0.2, 0.25) is 5.91 Å². The number of carbonyl (C=O) groups excluding carboxylic acids is 1. The number of carbonyl (C=O) groups is 1. The molecule has 0 unspecified atom stereocenters. The van der Waals surface area contributed by atoms with E-state index in [2.05, 4.69) is 15.3 Å². The van der Waals surface area contributed by atoms with Crippen molar-refractivity contribution < 1.29 is 4.79 Å². The summed E-state index contributed by atoms with van der Waals surface area (Å²) in [7, 11) is 1.74. The summed E-state index contributed by atoms with van der Waals surface area (Å²) in [6.45, 7) is 0.656. The third kappa shape index (κ3) is 4.94. The summed E-state index contributed by atoms with van der Waals surface area (Å²) in [6.07, 6.45) is 3.83. The number of pyridine rings is 2. The largest absolute Gasteiger partial charge is 0.360 e. The predicted molar refractivity (Wildman–Crippen MR) is 88.0 cm³/mol. The fraction of sp³-hybridized carbons (Fsp3) is 0.250. The second-order valence-electron chi connectivity index (χ2n) is 4.91. The normalized spacial score (nSPS) is 9.96. The molecule has 7 heteroatoms. The van der Waals surface area contributed by atoms with Gasteiger partial charge in [-0.05, 0) is 18.2 Å². The maximum Gasteiger partial charge on any atom is 0.241 e. The molecule has 0 radical (unpaired) electrons. The lowest BCUT2D eigenvalue weighted by Gasteiger charge is -2.17. The number of amides is 1. The Bertz CT molecular complexity index is 714. The van der Waals surface area contributed by atoms with Crippen LogP contribution in [-0.2, 0) is 11.2 Å². The Balaban J connectivity index is 1.83. The molecule has 2 aromatic heterocycles. The molecule has 0 saturated carbocycles. The monoisotopic (exact) mass is 329 g/mol. The van der Waals surface area contributed by atoms with Crippen molar-refractivity contribution in [3.8, 4) is 6.07 Å². The molecule has 23 heavy (non-hydrogen) atoms. The Morgan fingerprint density at radius 3 is 2.91 bits per heavy atom. The summed E-state index contributed by atoms with van der Waals surface area (Å²) in [5, 5.41) is 12.0. The van der Waals surface area contributed by atoms with Crippen molar-refractivity contribution >= 4 is 23.3 Å². The number of likely N-dealkylation sites (N-methyl/N-ethyl adjacent to an activating group) is 1. The minimum atomic E-state index is -0.0804. The lowest BCUT2D eigenvalue weighted by Crippen LogP contribution is -2.34. The van der Waals surface area contributed by atoms with Crippen LogP contribution in [0.25, 0.3) is 0 Å². The summed E-state index contributed by atoms with van der Waals surface area (Å²) in [6, 6.07) is 9.17. The second kappa shape index (κ2) is 8.11. The number of aromatic nitrogens is 2. The van der Waals surface area contributed by atoms with Crippen molar-refractivity contribution in [3.05, 3.63) is 52.9 Å². The van der Waals surface area contributed by atoms with Crippen LogP contribution < -0.4 is 5.32 Å². The van der Waals surface area contributed by atoms with Gasteiger partial charge in [0, 0.05) is 38.1 Å². The smallest absolute Gasteiger partial charge is 0.241 e. The molecule has 2 heterocycles. The van der Waals surface area contributed by atoms with Gasteiger partial charge in [-0.15, -0.1) is 0 Å². The van der Waals surface area contributed by atoms with E-state index in [-0.39, 0.29) is 12.5 Å². The van der Waals surface area contributed by atoms with Crippen molar-refractivity contribution in [2.45, 2.75) is 6.42 Å². The highest BCUT2D eigenvalue weighted by atomic mass is 35.5. The molecule has 2 rings (SSSR count). The van der Waals surface area contributed by atoms with Gasteiger partial charge in [0.15, 0.2) is 0 Å². The van der Waals surface area contributed by atoms with Crippen LogP contribution in [0.15, 0.2) is 36.7 Å².